The lowest BCUT2D eigenvalue weighted by Crippen LogP contribution is -2.19. The van der Waals surface area contributed by atoms with Crippen LogP contribution in [0.25, 0.3) is 16.6 Å². The standard InChI is InChI=1S/C22H24N6O3/c1-14(2)31-20-11-18-15(13-28(26-18)16-4-8-30-9-5-16)10-17(20)22(29)25-19-12-24-27-7-3-6-23-21(19)27/h3,6-7,10-14,16H,4-5,8-9H2,1-2H3,(H,25,29). The van der Waals surface area contributed by atoms with Crippen molar-refractivity contribution in [3.05, 3.63) is 48.5 Å². The van der Waals surface area contributed by atoms with E-state index in [1.165, 1.54) is 0 Å². The summed E-state index contributed by atoms with van der Waals surface area (Å²) in [5.41, 5.74) is 2.37. The molecule has 1 N–H and O–H groups in total. The molecule has 1 fully saturated rings. The van der Waals surface area contributed by atoms with Crippen molar-refractivity contribution in [2.75, 3.05) is 18.5 Å². The second-order valence-corrected chi connectivity index (χ2v) is 7.93. The smallest absolute Gasteiger partial charge is 0.259 e. The molecule has 9 heteroatoms. The highest BCUT2D eigenvalue weighted by molar-refractivity contribution is 6.09. The van der Waals surface area contributed by atoms with Crippen LogP contribution in [0.4, 0.5) is 5.69 Å². The van der Waals surface area contributed by atoms with Crippen molar-refractivity contribution >= 4 is 28.1 Å². The van der Waals surface area contributed by atoms with Crippen LogP contribution in [0.2, 0.25) is 0 Å². The number of anilines is 1. The minimum atomic E-state index is -0.281. The summed E-state index contributed by atoms with van der Waals surface area (Å²) in [7, 11) is 0. The monoisotopic (exact) mass is 420 g/mol. The molecule has 5 rings (SSSR count). The van der Waals surface area contributed by atoms with E-state index in [0.29, 0.717) is 28.7 Å². The minimum absolute atomic E-state index is 0.0831. The van der Waals surface area contributed by atoms with E-state index in [1.54, 1.807) is 29.2 Å². The molecule has 9 nitrogen and oxygen atoms in total. The molecule has 1 amide bonds. The molecule has 0 unspecified atom stereocenters. The molecule has 31 heavy (non-hydrogen) atoms. The Labute approximate surface area is 179 Å². The Morgan fingerprint density at radius 3 is 2.94 bits per heavy atom. The Bertz CT molecular complexity index is 1240. The van der Waals surface area contributed by atoms with Crippen LogP contribution in [0, 0.1) is 0 Å². The van der Waals surface area contributed by atoms with Crippen molar-refractivity contribution < 1.29 is 14.3 Å². The van der Waals surface area contributed by atoms with Crippen molar-refractivity contribution in [3.8, 4) is 5.75 Å². The van der Waals surface area contributed by atoms with E-state index in [4.69, 9.17) is 14.6 Å². The normalized spacial score (nSPS) is 15.1. The summed E-state index contributed by atoms with van der Waals surface area (Å²) >= 11 is 0. The maximum atomic E-state index is 13.2. The van der Waals surface area contributed by atoms with E-state index >= 15 is 0 Å². The zero-order valence-electron chi connectivity index (χ0n) is 17.5. The summed E-state index contributed by atoms with van der Waals surface area (Å²) < 4.78 is 15.0. The number of nitrogens with one attached hydrogen (secondary N) is 1. The molecular formula is C22H24N6O3. The maximum Gasteiger partial charge on any atom is 0.259 e. The number of ether oxygens (including phenoxy) is 2. The Morgan fingerprint density at radius 1 is 1.29 bits per heavy atom. The van der Waals surface area contributed by atoms with Crippen molar-refractivity contribution in [2.45, 2.75) is 38.8 Å². The van der Waals surface area contributed by atoms with E-state index in [1.807, 2.05) is 36.9 Å². The van der Waals surface area contributed by atoms with Gasteiger partial charge in [-0.15, -0.1) is 0 Å². The Hall–Kier alpha value is -3.46. The van der Waals surface area contributed by atoms with Gasteiger partial charge < -0.3 is 14.8 Å². The van der Waals surface area contributed by atoms with Crippen LogP contribution >= 0.6 is 0 Å². The summed E-state index contributed by atoms with van der Waals surface area (Å²) in [6.07, 6.45) is 8.80. The van der Waals surface area contributed by atoms with Gasteiger partial charge in [-0.25, -0.2) is 9.50 Å². The maximum absolute atomic E-state index is 13.2. The first-order valence-electron chi connectivity index (χ1n) is 10.5. The van der Waals surface area contributed by atoms with Gasteiger partial charge in [0.2, 0.25) is 0 Å². The molecule has 4 heterocycles. The summed E-state index contributed by atoms with van der Waals surface area (Å²) in [4.78, 5) is 17.5. The largest absolute Gasteiger partial charge is 0.490 e. The quantitative estimate of drug-likeness (QED) is 0.531. The number of nitrogens with zero attached hydrogens (tertiary/aromatic N) is 5. The lowest BCUT2D eigenvalue weighted by atomic mass is 10.1. The molecule has 1 aromatic carbocycles. The Kier molecular flexibility index (Phi) is 5.03. The van der Waals surface area contributed by atoms with Crippen molar-refractivity contribution in [1.29, 1.82) is 0 Å². The third-order valence-corrected chi connectivity index (χ3v) is 5.32. The zero-order chi connectivity index (χ0) is 21.4. The van der Waals surface area contributed by atoms with Gasteiger partial charge in [-0.3, -0.25) is 9.48 Å². The first-order chi connectivity index (χ1) is 15.1. The molecule has 1 aliphatic heterocycles. The van der Waals surface area contributed by atoms with Gasteiger partial charge in [-0.2, -0.15) is 10.2 Å². The molecule has 0 atom stereocenters. The molecule has 0 spiro atoms. The summed E-state index contributed by atoms with van der Waals surface area (Å²) in [5.74, 6) is 0.221. The number of amides is 1. The average Bonchev–Trinajstić information content (AvgIpc) is 3.37. The van der Waals surface area contributed by atoms with Crippen LogP contribution in [0.3, 0.4) is 0 Å². The van der Waals surface area contributed by atoms with E-state index in [9.17, 15) is 4.79 Å². The highest BCUT2D eigenvalue weighted by Gasteiger charge is 2.21. The summed E-state index contributed by atoms with van der Waals surface area (Å²) in [6, 6.07) is 5.76. The second kappa shape index (κ2) is 7.99. The fraction of sp³-hybridized carbons (Fsp3) is 0.364. The lowest BCUT2D eigenvalue weighted by molar-refractivity contribution is 0.0664. The fourth-order valence-electron chi connectivity index (χ4n) is 3.84. The number of benzene rings is 1. The number of hydrogen-bond donors (Lipinski definition) is 1. The van der Waals surface area contributed by atoms with Crippen LogP contribution in [-0.4, -0.2) is 49.6 Å². The van der Waals surface area contributed by atoms with Gasteiger partial charge in [0, 0.05) is 43.3 Å². The number of hydrogen-bond acceptors (Lipinski definition) is 6. The zero-order valence-corrected chi connectivity index (χ0v) is 17.5. The minimum Gasteiger partial charge on any atom is -0.490 e. The first-order valence-corrected chi connectivity index (χ1v) is 10.5. The van der Waals surface area contributed by atoms with E-state index in [2.05, 4.69) is 15.4 Å². The molecule has 0 aliphatic carbocycles. The van der Waals surface area contributed by atoms with Crippen molar-refractivity contribution in [2.24, 2.45) is 0 Å². The first kappa shape index (κ1) is 19.5. The Balaban J connectivity index is 1.51. The highest BCUT2D eigenvalue weighted by Crippen LogP contribution is 2.30. The third-order valence-electron chi connectivity index (χ3n) is 5.32. The number of carbonyl (C=O) groups excluding carboxylic acids is 1. The van der Waals surface area contributed by atoms with Crippen LogP contribution < -0.4 is 10.1 Å². The SMILES string of the molecule is CC(C)Oc1cc2nn(C3CCOCC3)cc2cc1C(=O)Nc1cnn2cccnc12. The predicted octanol–water partition coefficient (Wildman–Crippen LogP) is 3.47. The molecule has 0 radical (unpaired) electrons. The predicted molar refractivity (Wildman–Crippen MR) is 116 cm³/mol. The summed E-state index contributed by atoms with van der Waals surface area (Å²) in [5, 5.41) is 12.8. The van der Waals surface area contributed by atoms with Crippen molar-refractivity contribution in [3.63, 3.8) is 0 Å². The van der Waals surface area contributed by atoms with E-state index in [0.717, 1.165) is 37.0 Å². The molecule has 0 bridgehead atoms. The van der Waals surface area contributed by atoms with Gasteiger partial charge in [0.1, 0.15) is 11.4 Å². The number of aromatic nitrogens is 5. The van der Waals surface area contributed by atoms with Gasteiger partial charge in [0.05, 0.1) is 29.4 Å². The van der Waals surface area contributed by atoms with Crippen LogP contribution in [0.1, 0.15) is 43.1 Å². The highest BCUT2D eigenvalue weighted by atomic mass is 16.5. The van der Waals surface area contributed by atoms with Crippen LogP contribution in [-0.2, 0) is 4.74 Å². The molecule has 4 aromatic rings. The van der Waals surface area contributed by atoms with Gasteiger partial charge >= 0.3 is 0 Å². The fourth-order valence-corrected chi connectivity index (χ4v) is 3.84. The molecule has 160 valence electrons. The Morgan fingerprint density at radius 2 is 2.13 bits per heavy atom. The van der Waals surface area contributed by atoms with Gasteiger partial charge in [0.15, 0.2) is 5.65 Å². The molecule has 0 saturated carbocycles. The molecule has 1 aliphatic rings. The number of fused-ring (bicyclic) bond motifs is 2. The van der Waals surface area contributed by atoms with Gasteiger partial charge in [-0.1, -0.05) is 0 Å². The van der Waals surface area contributed by atoms with E-state index < -0.39 is 0 Å². The number of rotatable bonds is 5. The molecule has 1 saturated heterocycles. The topological polar surface area (TPSA) is 95.6 Å². The van der Waals surface area contributed by atoms with E-state index in [-0.39, 0.29) is 12.0 Å². The molecule has 3 aromatic heterocycles. The lowest BCUT2D eigenvalue weighted by Gasteiger charge is -2.22. The number of carbonyl (C=O) groups is 1. The van der Waals surface area contributed by atoms with Crippen molar-refractivity contribution in [1.82, 2.24) is 24.4 Å². The second-order valence-electron chi connectivity index (χ2n) is 7.93. The third kappa shape index (κ3) is 3.84. The molecular weight excluding hydrogens is 396 g/mol. The van der Waals surface area contributed by atoms with Crippen LogP contribution in [0.5, 0.6) is 5.75 Å². The van der Waals surface area contributed by atoms with Crippen LogP contribution in [0.15, 0.2) is 43.0 Å². The average molecular weight is 420 g/mol. The van der Waals surface area contributed by atoms with Gasteiger partial charge in [-0.05, 0) is 38.8 Å². The van der Waals surface area contributed by atoms with Gasteiger partial charge in [0.25, 0.3) is 5.91 Å². The summed E-state index contributed by atoms with van der Waals surface area (Å²) in [6.45, 7) is 5.34.